The van der Waals surface area contributed by atoms with Crippen LogP contribution >= 0.6 is 15.9 Å². The zero-order valence-corrected chi connectivity index (χ0v) is 12.0. The fraction of sp³-hybridized carbons (Fsp3) is 0.667. The number of alkyl halides is 1. The molecule has 0 amide bonds. The summed E-state index contributed by atoms with van der Waals surface area (Å²) in [6.07, 6.45) is 8.98. The standard InChI is InChI=1S/C15H20BrN/c1-10-2-5-13(17-9-10)8-15(16)14-7-11-3-4-12(14)6-11/h2,5,9,11-12,14-15H,3-4,6-8H2,1H3. The number of nitrogens with zero attached hydrogens (tertiary/aromatic N) is 1. The van der Waals surface area contributed by atoms with Gasteiger partial charge in [-0.3, -0.25) is 4.98 Å². The summed E-state index contributed by atoms with van der Waals surface area (Å²) in [4.78, 5) is 5.15. The Morgan fingerprint density at radius 2 is 2.24 bits per heavy atom. The first kappa shape index (κ1) is 11.7. The van der Waals surface area contributed by atoms with Crippen LogP contribution in [0.2, 0.25) is 0 Å². The maximum atomic E-state index is 4.52. The van der Waals surface area contributed by atoms with Gasteiger partial charge in [-0.05, 0) is 55.6 Å². The molecule has 0 spiro atoms. The van der Waals surface area contributed by atoms with E-state index in [-0.39, 0.29) is 0 Å². The van der Waals surface area contributed by atoms with Gasteiger partial charge in [0, 0.05) is 23.1 Å². The summed E-state index contributed by atoms with van der Waals surface area (Å²) in [5.74, 6) is 2.93. The van der Waals surface area contributed by atoms with Gasteiger partial charge in [-0.15, -0.1) is 0 Å². The molecular weight excluding hydrogens is 274 g/mol. The monoisotopic (exact) mass is 293 g/mol. The fourth-order valence-electron chi connectivity index (χ4n) is 3.71. The highest BCUT2D eigenvalue weighted by molar-refractivity contribution is 9.09. The minimum absolute atomic E-state index is 0.632. The van der Waals surface area contributed by atoms with Gasteiger partial charge in [0.05, 0.1) is 0 Å². The number of aryl methyl sites for hydroxylation is 1. The van der Waals surface area contributed by atoms with E-state index in [9.17, 15) is 0 Å². The quantitative estimate of drug-likeness (QED) is 0.764. The first-order valence-corrected chi connectivity index (χ1v) is 7.69. The summed E-state index contributed by atoms with van der Waals surface area (Å²) < 4.78 is 0. The summed E-state index contributed by atoms with van der Waals surface area (Å²) in [6.45, 7) is 2.10. The molecule has 0 aromatic carbocycles. The van der Waals surface area contributed by atoms with E-state index in [1.807, 2.05) is 6.20 Å². The van der Waals surface area contributed by atoms with Crippen LogP contribution in [0.1, 0.15) is 36.9 Å². The average Bonchev–Trinajstić information content (AvgIpc) is 2.94. The van der Waals surface area contributed by atoms with Crippen LogP contribution in [0.25, 0.3) is 0 Å². The Hall–Kier alpha value is -0.370. The number of pyridine rings is 1. The molecule has 92 valence electrons. The Morgan fingerprint density at radius 3 is 2.82 bits per heavy atom. The van der Waals surface area contributed by atoms with Gasteiger partial charge < -0.3 is 0 Å². The highest BCUT2D eigenvalue weighted by Gasteiger charge is 2.42. The number of hydrogen-bond acceptors (Lipinski definition) is 1. The van der Waals surface area contributed by atoms with Gasteiger partial charge in [-0.2, -0.15) is 0 Å². The topological polar surface area (TPSA) is 12.9 Å². The van der Waals surface area contributed by atoms with E-state index in [2.05, 4.69) is 40.0 Å². The maximum absolute atomic E-state index is 4.52. The van der Waals surface area contributed by atoms with Crippen LogP contribution in [0.15, 0.2) is 18.3 Å². The second-order valence-electron chi connectivity index (χ2n) is 5.89. The summed E-state index contributed by atoms with van der Waals surface area (Å²) in [6, 6.07) is 4.35. The molecular formula is C15H20BrN. The molecule has 17 heavy (non-hydrogen) atoms. The molecule has 2 aliphatic rings. The molecule has 3 rings (SSSR count). The summed E-state index contributed by atoms with van der Waals surface area (Å²) in [5.41, 5.74) is 2.49. The Kier molecular flexibility index (Phi) is 3.25. The minimum Gasteiger partial charge on any atom is -0.261 e. The summed E-state index contributed by atoms with van der Waals surface area (Å²) in [5, 5.41) is 0. The highest BCUT2D eigenvalue weighted by atomic mass is 79.9. The number of aromatic nitrogens is 1. The largest absolute Gasteiger partial charge is 0.261 e. The SMILES string of the molecule is Cc1ccc(CC(Br)C2CC3CCC2C3)nc1. The van der Waals surface area contributed by atoms with Crippen LogP contribution in [0.3, 0.4) is 0 Å². The molecule has 0 N–H and O–H groups in total. The smallest absolute Gasteiger partial charge is 0.0415 e. The lowest BCUT2D eigenvalue weighted by molar-refractivity contribution is 0.325. The molecule has 1 nitrogen and oxygen atoms in total. The third-order valence-electron chi connectivity index (χ3n) is 4.63. The lowest BCUT2D eigenvalue weighted by atomic mass is 9.85. The first-order chi connectivity index (χ1) is 8.22. The number of hydrogen-bond donors (Lipinski definition) is 0. The van der Waals surface area contributed by atoms with Gasteiger partial charge in [0.1, 0.15) is 0 Å². The molecule has 2 fully saturated rings. The lowest BCUT2D eigenvalue weighted by Crippen LogP contribution is -2.23. The lowest BCUT2D eigenvalue weighted by Gasteiger charge is -2.26. The normalized spacial score (nSPS) is 32.9. The Balaban J connectivity index is 1.63. The van der Waals surface area contributed by atoms with Crippen molar-refractivity contribution in [3.63, 3.8) is 0 Å². The third kappa shape index (κ3) is 2.42. The molecule has 4 unspecified atom stereocenters. The van der Waals surface area contributed by atoms with Crippen LogP contribution in [-0.2, 0) is 6.42 Å². The van der Waals surface area contributed by atoms with E-state index in [1.165, 1.54) is 36.9 Å². The van der Waals surface area contributed by atoms with E-state index in [0.717, 1.165) is 24.2 Å². The molecule has 0 aliphatic heterocycles. The van der Waals surface area contributed by atoms with Crippen LogP contribution in [0.5, 0.6) is 0 Å². The van der Waals surface area contributed by atoms with Gasteiger partial charge in [0.15, 0.2) is 0 Å². The van der Waals surface area contributed by atoms with Gasteiger partial charge in [-0.1, -0.05) is 28.4 Å². The van der Waals surface area contributed by atoms with Crippen LogP contribution in [0, 0.1) is 24.7 Å². The van der Waals surface area contributed by atoms with Crippen molar-refractivity contribution in [3.05, 3.63) is 29.6 Å². The third-order valence-corrected chi connectivity index (χ3v) is 5.64. The van der Waals surface area contributed by atoms with Crippen molar-refractivity contribution in [2.45, 2.75) is 43.9 Å². The molecule has 1 aromatic heterocycles. The van der Waals surface area contributed by atoms with Gasteiger partial charge in [-0.25, -0.2) is 0 Å². The zero-order chi connectivity index (χ0) is 11.8. The molecule has 2 aliphatic carbocycles. The van der Waals surface area contributed by atoms with Crippen molar-refractivity contribution in [1.29, 1.82) is 0 Å². The number of halogens is 1. The molecule has 0 saturated heterocycles. The predicted molar refractivity (Wildman–Crippen MR) is 74.3 cm³/mol. The molecule has 2 saturated carbocycles. The molecule has 1 aromatic rings. The van der Waals surface area contributed by atoms with Gasteiger partial charge >= 0.3 is 0 Å². The minimum atomic E-state index is 0.632. The van der Waals surface area contributed by atoms with Crippen molar-refractivity contribution < 1.29 is 0 Å². The fourth-order valence-corrected chi connectivity index (χ4v) is 4.69. The second kappa shape index (κ2) is 4.72. The van der Waals surface area contributed by atoms with Gasteiger partial charge in [0.25, 0.3) is 0 Å². The molecule has 2 bridgehead atoms. The highest BCUT2D eigenvalue weighted by Crippen LogP contribution is 2.51. The van der Waals surface area contributed by atoms with E-state index in [1.54, 1.807) is 0 Å². The Labute approximate surface area is 112 Å². The number of fused-ring (bicyclic) bond motifs is 2. The summed E-state index contributed by atoms with van der Waals surface area (Å²) >= 11 is 3.92. The van der Waals surface area contributed by atoms with Crippen LogP contribution in [-0.4, -0.2) is 9.81 Å². The van der Waals surface area contributed by atoms with Crippen molar-refractivity contribution in [2.24, 2.45) is 17.8 Å². The Morgan fingerprint density at radius 1 is 1.35 bits per heavy atom. The van der Waals surface area contributed by atoms with Crippen molar-refractivity contribution in [2.75, 3.05) is 0 Å². The zero-order valence-electron chi connectivity index (χ0n) is 10.4. The molecule has 4 atom stereocenters. The Bertz CT molecular complexity index is 386. The van der Waals surface area contributed by atoms with Crippen LogP contribution in [0.4, 0.5) is 0 Å². The first-order valence-electron chi connectivity index (χ1n) is 6.78. The maximum Gasteiger partial charge on any atom is 0.0415 e. The molecule has 0 radical (unpaired) electrons. The average molecular weight is 294 g/mol. The predicted octanol–water partition coefficient (Wildman–Crippen LogP) is 4.13. The van der Waals surface area contributed by atoms with Crippen molar-refractivity contribution >= 4 is 15.9 Å². The van der Waals surface area contributed by atoms with Crippen LogP contribution < -0.4 is 0 Å². The van der Waals surface area contributed by atoms with E-state index >= 15 is 0 Å². The van der Waals surface area contributed by atoms with Crippen molar-refractivity contribution in [1.82, 2.24) is 4.98 Å². The van der Waals surface area contributed by atoms with Gasteiger partial charge in [0.2, 0.25) is 0 Å². The van der Waals surface area contributed by atoms with E-state index < -0.39 is 0 Å². The number of rotatable bonds is 3. The van der Waals surface area contributed by atoms with E-state index in [4.69, 9.17) is 0 Å². The van der Waals surface area contributed by atoms with E-state index in [0.29, 0.717) is 4.83 Å². The molecule has 1 heterocycles. The summed E-state index contributed by atoms with van der Waals surface area (Å²) in [7, 11) is 0. The molecule has 2 heteroatoms. The second-order valence-corrected chi connectivity index (χ2v) is 7.06. The van der Waals surface area contributed by atoms with Crippen molar-refractivity contribution in [3.8, 4) is 0 Å².